The van der Waals surface area contributed by atoms with E-state index in [2.05, 4.69) is 43.8 Å². The first kappa shape index (κ1) is 15.0. The van der Waals surface area contributed by atoms with Gasteiger partial charge in [-0.05, 0) is 48.6 Å². The van der Waals surface area contributed by atoms with Gasteiger partial charge in [0.1, 0.15) is 0 Å². The summed E-state index contributed by atoms with van der Waals surface area (Å²) in [5, 5.41) is 0. The molecule has 0 N–H and O–H groups in total. The van der Waals surface area contributed by atoms with Crippen molar-refractivity contribution in [3.05, 3.63) is 35.4 Å². The van der Waals surface area contributed by atoms with Gasteiger partial charge in [-0.2, -0.15) is 12.6 Å². The zero-order valence-corrected chi connectivity index (χ0v) is 13.2. The Hall–Kier alpha value is -0.430. The molecule has 0 amide bonds. The molecule has 1 heteroatoms. The maximum absolute atomic E-state index is 4.32. The van der Waals surface area contributed by atoms with Crippen LogP contribution in [0.2, 0.25) is 0 Å². The lowest BCUT2D eigenvalue weighted by Gasteiger charge is -2.29. The Labute approximate surface area is 124 Å². The van der Waals surface area contributed by atoms with Crippen LogP contribution < -0.4 is 0 Å². The van der Waals surface area contributed by atoms with Crippen LogP contribution in [0.25, 0.3) is 0 Å². The van der Waals surface area contributed by atoms with Gasteiger partial charge in [-0.3, -0.25) is 0 Å². The van der Waals surface area contributed by atoms with Gasteiger partial charge in [-0.1, -0.05) is 56.9 Å². The van der Waals surface area contributed by atoms with E-state index < -0.39 is 0 Å². The minimum atomic E-state index is 0.816. The summed E-state index contributed by atoms with van der Waals surface area (Å²) in [6.07, 6.45) is 11.4. The van der Waals surface area contributed by atoms with Crippen LogP contribution in [-0.2, 0) is 5.75 Å². The molecule has 2 rings (SSSR count). The Bertz CT molecular complexity index is 346. The highest BCUT2D eigenvalue weighted by Gasteiger charge is 2.21. The molecule has 0 aliphatic heterocycles. The third kappa shape index (κ3) is 4.56. The van der Waals surface area contributed by atoms with Crippen molar-refractivity contribution in [3.63, 3.8) is 0 Å². The lowest BCUT2D eigenvalue weighted by molar-refractivity contribution is 0.303. The van der Waals surface area contributed by atoms with E-state index in [4.69, 9.17) is 0 Å². The van der Waals surface area contributed by atoms with Crippen LogP contribution in [0.3, 0.4) is 0 Å². The van der Waals surface area contributed by atoms with Crippen LogP contribution >= 0.6 is 12.6 Å². The smallest absolute Gasteiger partial charge is 0.0154 e. The molecule has 19 heavy (non-hydrogen) atoms. The lowest BCUT2D eigenvalue weighted by atomic mass is 9.77. The summed E-state index contributed by atoms with van der Waals surface area (Å²) in [5.41, 5.74) is 2.89. The van der Waals surface area contributed by atoms with Crippen molar-refractivity contribution < 1.29 is 0 Å². The van der Waals surface area contributed by atoms with E-state index in [1.807, 2.05) is 0 Å². The van der Waals surface area contributed by atoms with Crippen molar-refractivity contribution in [1.29, 1.82) is 0 Å². The predicted octanol–water partition coefficient (Wildman–Crippen LogP) is 5.97. The molecule has 0 nitrogen and oxygen atoms in total. The highest BCUT2D eigenvalue weighted by atomic mass is 32.1. The maximum atomic E-state index is 4.32. The van der Waals surface area contributed by atoms with Crippen molar-refractivity contribution in [2.24, 2.45) is 5.92 Å². The van der Waals surface area contributed by atoms with E-state index >= 15 is 0 Å². The Morgan fingerprint density at radius 2 is 1.68 bits per heavy atom. The molecule has 0 atom stereocenters. The normalized spacial score (nSPS) is 23.5. The first-order chi connectivity index (χ1) is 9.33. The molecular formula is C18H28S. The van der Waals surface area contributed by atoms with Gasteiger partial charge >= 0.3 is 0 Å². The van der Waals surface area contributed by atoms with Gasteiger partial charge < -0.3 is 0 Å². The quantitative estimate of drug-likeness (QED) is 0.480. The second-order valence-corrected chi connectivity index (χ2v) is 6.43. The van der Waals surface area contributed by atoms with Crippen molar-refractivity contribution in [2.75, 3.05) is 0 Å². The molecular weight excluding hydrogens is 248 g/mol. The van der Waals surface area contributed by atoms with Gasteiger partial charge in [0.25, 0.3) is 0 Å². The Morgan fingerprint density at radius 1 is 1.00 bits per heavy atom. The fourth-order valence-electron chi connectivity index (χ4n) is 3.36. The second kappa shape index (κ2) is 7.99. The highest BCUT2D eigenvalue weighted by molar-refractivity contribution is 7.79. The van der Waals surface area contributed by atoms with E-state index in [1.165, 1.54) is 56.9 Å². The van der Waals surface area contributed by atoms with Crippen molar-refractivity contribution in [2.45, 2.75) is 70.0 Å². The molecule has 0 aromatic heterocycles. The van der Waals surface area contributed by atoms with E-state index in [-0.39, 0.29) is 0 Å². The molecule has 1 fully saturated rings. The van der Waals surface area contributed by atoms with Crippen molar-refractivity contribution >= 4 is 12.6 Å². The Balaban J connectivity index is 1.78. The summed E-state index contributed by atoms with van der Waals surface area (Å²) in [4.78, 5) is 0. The molecule has 1 aliphatic rings. The predicted molar refractivity (Wildman–Crippen MR) is 88.0 cm³/mol. The molecule has 0 unspecified atom stereocenters. The molecule has 0 spiro atoms. The largest absolute Gasteiger partial charge is 0.175 e. The molecule has 1 aromatic carbocycles. The second-order valence-electron chi connectivity index (χ2n) is 6.11. The van der Waals surface area contributed by atoms with E-state index in [0.29, 0.717) is 0 Å². The standard InChI is InChI=1S/C18H28S/c1-2-3-4-5-15-6-10-17(11-7-15)18-12-8-16(14-19)9-13-18/h8-9,12-13,15,17,19H,2-7,10-11,14H2,1H3. The van der Waals surface area contributed by atoms with E-state index in [1.54, 1.807) is 5.56 Å². The Morgan fingerprint density at radius 3 is 2.26 bits per heavy atom. The van der Waals surface area contributed by atoms with E-state index in [0.717, 1.165) is 17.6 Å². The van der Waals surface area contributed by atoms with Crippen molar-refractivity contribution in [1.82, 2.24) is 0 Å². The number of hydrogen-bond acceptors (Lipinski definition) is 1. The van der Waals surface area contributed by atoms with Gasteiger partial charge in [0.2, 0.25) is 0 Å². The zero-order chi connectivity index (χ0) is 13.5. The van der Waals surface area contributed by atoms with Crippen LogP contribution in [-0.4, -0.2) is 0 Å². The van der Waals surface area contributed by atoms with Crippen molar-refractivity contribution in [3.8, 4) is 0 Å². The van der Waals surface area contributed by atoms with Crippen LogP contribution in [0.4, 0.5) is 0 Å². The van der Waals surface area contributed by atoms with Gasteiger partial charge in [-0.15, -0.1) is 0 Å². The SMILES string of the molecule is CCCCCC1CCC(c2ccc(CS)cc2)CC1. The monoisotopic (exact) mass is 276 g/mol. The first-order valence-electron chi connectivity index (χ1n) is 8.03. The Kier molecular flexibility index (Phi) is 6.30. The number of unbranched alkanes of at least 4 members (excludes halogenated alkanes) is 2. The number of benzene rings is 1. The van der Waals surface area contributed by atoms with Crippen LogP contribution in [0.1, 0.15) is 75.3 Å². The van der Waals surface area contributed by atoms with Gasteiger partial charge in [0.05, 0.1) is 0 Å². The van der Waals surface area contributed by atoms with Gasteiger partial charge in [0.15, 0.2) is 0 Å². The minimum Gasteiger partial charge on any atom is -0.175 e. The summed E-state index contributed by atoms with van der Waals surface area (Å²) in [6, 6.07) is 9.15. The molecule has 1 aromatic rings. The van der Waals surface area contributed by atoms with E-state index in [9.17, 15) is 0 Å². The maximum Gasteiger partial charge on any atom is 0.0154 e. The van der Waals surface area contributed by atoms with Crippen LogP contribution in [0, 0.1) is 5.92 Å². The average molecular weight is 276 g/mol. The fraction of sp³-hybridized carbons (Fsp3) is 0.667. The van der Waals surface area contributed by atoms with Gasteiger partial charge in [0, 0.05) is 5.75 Å². The first-order valence-corrected chi connectivity index (χ1v) is 8.66. The highest BCUT2D eigenvalue weighted by Crippen LogP contribution is 2.37. The minimum absolute atomic E-state index is 0.816. The summed E-state index contributed by atoms with van der Waals surface area (Å²) < 4.78 is 0. The summed E-state index contributed by atoms with van der Waals surface area (Å²) in [5.74, 6) is 2.68. The number of rotatable bonds is 6. The molecule has 0 bridgehead atoms. The molecule has 0 heterocycles. The van der Waals surface area contributed by atoms with Crippen LogP contribution in [0.15, 0.2) is 24.3 Å². The molecule has 1 saturated carbocycles. The van der Waals surface area contributed by atoms with Gasteiger partial charge in [-0.25, -0.2) is 0 Å². The molecule has 0 saturated heterocycles. The third-order valence-electron chi connectivity index (χ3n) is 4.70. The zero-order valence-electron chi connectivity index (χ0n) is 12.3. The summed E-state index contributed by atoms with van der Waals surface area (Å²) in [6.45, 7) is 2.30. The third-order valence-corrected chi connectivity index (χ3v) is 5.06. The fourth-order valence-corrected chi connectivity index (χ4v) is 3.57. The number of hydrogen-bond donors (Lipinski definition) is 1. The summed E-state index contributed by atoms with van der Waals surface area (Å²) >= 11 is 4.32. The average Bonchev–Trinajstić information content (AvgIpc) is 2.48. The lowest BCUT2D eigenvalue weighted by Crippen LogP contribution is -2.13. The number of thiol groups is 1. The topological polar surface area (TPSA) is 0 Å². The molecule has 1 aliphatic carbocycles. The molecule has 0 radical (unpaired) electrons. The van der Waals surface area contributed by atoms with Crippen LogP contribution in [0.5, 0.6) is 0 Å². The summed E-state index contributed by atoms with van der Waals surface area (Å²) in [7, 11) is 0. The molecule has 106 valence electrons.